The third-order valence-corrected chi connectivity index (χ3v) is 4.44. The Morgan fingerprint density at radius 2 is 2.18 bits per heavy atom. The van der Waals surface area contributed by atoms with Crippen molar-refractivity contribution in [2.75, 3.05) is 51.4 Å². The van der Waals surface area contributed by atoms with E-state index >= 15 is 0 Å². The summed E-state index contributed by atoms with van der Waals surface area (Å²) in [6.07, 6.45) is 2.36. The zero-order valence-corrected chi connectivity index (χ0v) is 13.5. The minimum absolute atomic E-state index is 0.0419. The molecule has 3 rings (SSSR count). The maximum absolute atomic E-state index is 5.82. The Kier molecular flexibility index (Phi) is 5.23. The first kappa shape index (κ1) is 15.6. The predicted molar refractivity (Wildman–Crippen MR) is 85.1 cm³/mol. The van der Waals surface area contributed by atoms with Crippen LogP contribution in [0, 0.1) is 12.8 Å². The molecule has 2 aliphatic rings. The number of anilines is 1. The molecule has 0 aromatic carbocycles. The molecule has 1 atom stereocenters. The lowest BCUT2D eigenvalue weighted by atomic mass is 9.98. The molecule has 1 N–H and O–H groups in total. The van der Waals surface area contributed by atoms with Crippen molar-refractivity contribution in [3.8, 4) is 0 Å². The molecule has 2 fully saturated rings. The zero-order chi connectivity index (χ0) is 15.4. The highest BCUT2D eigenvalue weighted by atomic mass is 16.5. The quantitative estimate of drug-likeness (QED) is 0.905. The Morgan fingerprint density at radius 3 is 2.86 bits per heavy atom. The molecule has 2 saturated heterocycles. The number of hydrogen-bond acceptors (Lipinski definition) is 6. The van der Waals surface area contributed by atoms with Gasteiger partial charge < -0.3 is 19.7 Å². The van der Waals surface area contributed by atoms with Crippen LogP contribution in [0.1, 0.15) is 30.5 Å². The van der Waals surface area contributed by atoms with Gasteiger partial charge in [-0.05, 0) is 25.7 Å². The van der Waals surface area contributed by atoms with Crippen molar-refractivity contribution in [3.63, 3.8) is 0 Å². The highest BCUT2D eigenvalue weighted by Gasteiger charge is 2.23. The molecule has 1 aromatic rings. The SMILES string of the molecule is COCC1CCN(c2cc(C3CNCCO3)nc(C)n2)CC1. The summed E-state index contributed by atoms with van der Waals surface area (Å²) in [5.41, 5.74) is 0.994. The van der Waals surface area contributed by atoms with Crippen LogP contribution in [0.4, 0.5) is 5.82 Å². The largest absolute Gasteiger partial charge is 0.384 e. The van der Waals surface area contributed by atoms with E-state index in [2.05, 4.69) is 26.3 Å². The van der Waals surface area contributed by atoms with Gasteiger partial charge in [0.15, 0.2) is 0 Å². The lowest BCUT2D eigenvalue weighted by molar-refractivity contribution is 0.0249. The molecule has 0 bridgehead atoms. The van der Waals surface area contributed by atoms with Crippen LogP contribution < -0.4 is 10.2 Å². The fraction of sp³-hybridized carbons (Fsp3) is 0.750. The van der Waals surface area contributed by atoms with E-state index in [1.54, 1.807) is 7.11 Å². The Hall–Kier alpha value is -1.24. The zero-order valence-electron chi connectivity index (χ0n) is 13.5. The first-order valence-corrected chi connectivity index (χ1v) is 8.18. The first-order valence-electron chi connectivity index (χ1n) is 8.18. The van der Waals surface area contributed by atoms with Crippen LogP contribution in [0.2, 0.25) is 0 Å². The molecule has 2 aliphatic heterocycles. The van der Waals surface area contributed by atoms with Gasteiger partial charge >= 0.3 is 0 Å². The summed E-state index contributed by atoms with van der Waals surface area (Å²) in [6, 6.07) is 2.10. The molecular weight excluding hydrogens is 280 g/mol. The van der Waals surface area contributed by atoms with Gasteiger partial charge in [0.2, 0.25) is 0 Å². The van der Waals surface area contributed by atoms with Crippen molar-refractivity contribution in [1.29, 1.82) is 0 Å². The molecule has 3 heterocycles. The maximum Gasteiger partial charge on any atom is 0.132 e. The number of aromatic nitrogens is 2. The number of hydrogen-bond donors (Lipinski definition) is 1. The summed E-state index contributed by atoms with van der Waals surface area (Å²) in [5, 5.41) is 3.36. The van der Waals surface area contributed by atoms with Gasteiger partial charge in [0.05, 0.1) is 12.3 Å². The van der Waals surface area contributed by atoms with E-state index in [9.17, 15) is 0 Å². The molecule has 6 nitrogen and oxygen atoms in total. The lowest BCUT2D eigenvalue weighted by Gasteiger charge is -2.33. The van der Waals surface area contributed by atoms with E-state index in [1.807, 2.05) is 6.92 Å². The van der Waals surface area contributed by atoms with Crippen LogP contribution in [0.15, 0.2) is 6.07 Å². The average Bonchev–Trinajstić information content (AvgIpc) is 2.56. The van der Waals surface area contributed by atoms with E-state index in [0.29, 0.717) is 5.92 Å². The number of methoxy groups -OCH3 is 1. The van der Waals surface area contributed by atoms with Crippen molar-refractivity contribution in [3.05, 3.63) is 17.6 Å². The number of ether oxygens (including phenoxy) is 2. The smallest absolute Gasteiger partial charge is 0.132 e. The molecule has 22 heavy (non-hydrogen) atoms. The van der Waals surface area contributed by atoms with Gasteiger partial charge in [0.1, 0.15) is 17.7 Å². The summed E-state index contributed by atoms with van der Waals surface area (Å²) in [4.78, 5) is 11.6. The molecule has 0 aliphatic carbocycles. The van der Waals surface area contributed by atoms with Gasteiger partial charge in [-0.2, -0.15) is 0 Å². The maximum atomic E-state index is 5.82. The Labute approximate surface area is 132 Å². The monoisotopic (exact) mass is 306 g/mol. The van der Waals surface area contributed by atoms with Crippen LogP contribution in [0.3, 0.4) is 0 Å². The Balaban J connectivity index is 1.70. The summed E-state index contributed by atoms with van der Waals surface area (Å²) in [7, 11) is 1.78. The Bertz CT molecular complexity index is 483. The molecule has 0 amide bonds. The normalized spacial score (nSPS) is 23.7. The minimum Gasteiger partial charge on any atom is -0.384 e. The van der Waals surface area contributed by atoms with Gasteiger partial charge in [-0.25, -0.2) is 9.97 Å². The highest BCUT2D eigenvalue weighted by molar-refractivity contribution is 5.41. The van der Waals surface area contributed by atoms with Crippen LogP contribution in [0.5, 0.6) is 0 Å². The van der Waals surface area contributed by atoms with Crippen LogP contribution in [-0.2, 0) is 9.47 Å². The lowest BCUT2D eigenvalue weighted by Crippen LogP contribution is -2.36. The first-order chi connectivity index (χ1) is 10.8. The molecule has 0 radical (unpaired) electrons. The summed E-state index contributed by atoms with van der Waals surface area (Å²) >= 11 is 0. The van der Waals surface area contributed by atoms with Gasteiger partial charge in [-0.15, -0.1) is 0 Å². The third kappa shape index (κ3) is 3.74. The van der Waals surface area contributed by atoms with Crippen molar-refractivity contribution in [1.82, 2.24) is 15.3 Å². The van der Waals surface area contributed by atoms with Crippen LogP contribution in [-0.4, -0.2) is 56.5 Å². The number of rotatable bonds is 4. The average molecular weight is 306 g/mol. The number of morpholine rings is 1. The number of piperidine rings is 1. The van der Waals surface area contributed by atoms with Crippen molar-refractivity contribution in [2.24, 2.45) is 5.92 Å². The van der Waals surface area contributed by atoms with E-state index < -0.39 is 0 Å². The van der Waals surface area contributed by atoms with E-state index in [4.69, 9.17) is 9.47 Å². The second-order valence-corrected chi connectivity index (χ2v) is 6.15. The topological polar surface area (TPSA) is 59.5 Å². The molecular formula is C16H26N4O2. The second kappa shape index (κ2) is 7.35. The predicted octanol–water partition coefficient (Wildman–Crippen LogP) is 1.31. The Morgan fingerprint density at radius 1 is 1.36 bits per heavy atom. The molecule has 0 saturated carbocycles. The van der Waals surface area contributed by atoms with E-state index in [-0.39, 0.29) is 6.10 Å². The summed E-state index contributed by atoms with van der Waals surface area (Å²) < 4.78 is 11.1. The van der Waals surface area contributed by atoms with Crippen molar-refractivity contribution >= 4 is 5.82 Å². The van der Waals surface area contributed by atoms with Gasteiger partial charge in [-0.1, -0.05) is 0 Å². The summed E-state index contributed by atoms with van der Waals surface area (Å²) in [6.45, 7) is 7.38. The van der Waals surface area contributed by atoms with Gasteiger partial charge in [0, 0.05) is 46.0 Å². The number of aryl methyl sites for hydroxylation is 1. The van der Waals surface area contributed by atoms with Crippen LogP contribution in [0.25, 0.3) is 0 Å². The number of nitrogens with zero attached hydrogens (tertiary/aromatic N) is 3. The molecule has 0 spiro atoms. The second-order valence-electron chi connectivity index (χ2n) is 6.15. The van der Waals surface area contributed by atoms with Crippen molar-refractivity contribution in [2.45, 2.75) is 25.9 Å². The fourth-order valence-corrected chi connectivity index (χ4v) is 3.22. The van der Waals surface area contributed by atoms with Crippen LogP contribution >= 0.6 is 0 Å². The molecule has 6 heteroatoms. The van der Waals surface area contributed by atoms with E-state index in [0.717, 1.165) is 69.6 Å². The molecule has 1 unspecified atom stereocenters. The van der Waals surface area contributed by atoms with E-state index in [1.165, 1.54) is 0 Å². The van der Waals surface area contributed by atoms with Gasteiger partial charge in [0.25, 0.3) is 0 Å². The minimum atomic E-state index is 0.0419. The highest BCUT2D eigenvalue weighted by Crippen LogP contribution is 2.25. The standard InChI is InChI=1S/C16H26N4O2/c1-12-18-14(15-10-17-5-8-22-15)9-16(19-12)20-6-3-13(4-7-20)11-21-2/h9,13,15,17H,3-8,10-11H2,1-2H3. The summed E-state index contributed by atoms with van der Waals surface area (Å²) in [5.74, 6) is 2.53. The fourth-order valence-electron chi connectivity index (χ4n) is 3.22. The third-order valence-electron chi connectivity index (χ3n) is 4.44. The van der Waals surface area contributed by atoms with Gasteiger partial charge in [-0.3, -0.25) is 0 Å². The number of nitrogens with one attached hydrogen (secondary N) is 1. The molecule has 1 aromatic heterocycles. The molecule has 122 valence electrons. The van der Waals surface area contributed by atoms with Crippen molar-refractivity contribution < 1.29 is 9.47 Å².